The number of carbonyl (C=O) groups excluding carboxylic acids is 1. The lowest BCUT2D eigenvalue weighted by Gasteiger charge is -2.20. The number of hydrogen-bond donors (Lipinski definition) is 1. The van der Waals surface area contributed by atoms with Gasteiger partial charge in [0.15, 0.2) is 17.2 Å². The van der Waals surface area contributed by atoms with Crippen molar-refractivity contribution in [2.24, 2.45) is 5.92 Å². The summed E-state index contributed by atoms with van der Waals surface area (Å²) in [6.07, 6.45) is 3.93. The summed E-state index contributed by atoms with van der Waals surface area (Å²) < 4.78 is 16.3. The molecule has 0 bridgehead atoms. The van der Waals surface area contributed by atoms with Crippen LogP contribution in [-0.2, 0) is 19.6 Å². The zero-order chi connectivity index (χ0) is 21.9. The fraction of sp³-hybridized carbons (Fsp3) is 0.333. The number of rotatable bonds is 9. The largest absolute Gasteiger partial charge is 0.454 e. The number of ether oxygens (including phenoxy) is 2. The first-order valence-electron chi connectivity index (χ1n) is 10.7. The Morgan fingerprint density at radius 2 is 1.97 bits per heavy atom. The molecule has 3 aromatic rings. The highest BCUT2D eigenvalue weighted by Crippen LogP contribution is 2.32. The molecule has 32 heavy (non-hydrogen) atoms. The lowest BCUT2D eigenvalue weighted by molar-refractivity contribution is 0.0945. The van der Waals surface area contributed by atoms with Gasteiger partial charge in [0.05, 0.1) is 6.54 Å². The van der Waals surface area contributed by atoms with Crippen LogP contribution < -0.4 is 14.8 Å². The lowest BCUT2D eigenvalue weighted by atomic mass is 10.2. The van der Waals surface area contributed by atoms with Crippen LogP contribution in [0.2, 0.25) is 5.02 Å². The average Bonchev–Trinajstić information content (AvgIpc) is 3.27. The molecule has 2 heterocycles. The normalized spacial score (nSPS) is 14.7. The molecule has 0 unspecified atom stereocenters. The number of aromatic nitrogens is 1. The van der Waals surface area contributed by atoms with Crippen LogP contribution in [0.1, 0.15) is 40.3 Å². The summed E-state index contributed by atoms with van der Waals surface area (Å²) in [7, 11) is 0. The highest BCUT2D eigenvalue weighted by Gasteiger charge is 2.25. The summed E-state index contributed by atoms with van der Waals surface area (Å²) in [5, 5.41) is 3.60. The van der Waals surface area contributed by atoms with Crippen LogP contribution in [-0.4, -0.2) is 29.1 Å². The number of benzene rings is 2. The molecule has 1 aliphatic heterocycles. The third-order valence-electron chi connectivity index (χ3n) is 5.54. The predicted molar refractivity (Wildman–Crippen MR) is 119 cm³/mol. The monoisotopic (exact) mass is 453 g/mol. The van der Waals surface area contributed by atoms with Gasteiger partial charge in [-0.3, -0.25) is 9.69 Å². The van der Waals surface area contributed by atoms with E-state index >= 15 is 0 Å². The quantitative estimate of drug-likeness (QED) is 0.517. The average molecular weight is 454 g/mol. The molecule has 0 saturated heterocycles. The highest BCUT2D eigenvalue weighted by atomic mass is 35.5. The minimum atomic E-state index is -0.277. The van der Waals surface area contributed by atoms with Gasteiger partial charge in [-0.2, -0.15) is 0 Å². The lowest BCUT2D eigenvalue weighted by Crippen LogP contribution is -2.26. The molecular formula is C24H24ClN3O4. The van der Waals surface area contributed by atoms with Gasteiger partial charge < -0.3 is 19.2 Å². The Morgan fingerprint density at radius 3 is 2.81 bits per heavy atom. The first kappa shape index (κ1) is 20.8. The van der Waals surface area contributed by atoms with E-state index < -0.39 is 0 Å². The summed E-state index contributed by atoms with van der Waals surface area (Å²) >= 11 is 6.14. The van der Waals surface area contributed by atoms with Crippen molar-refractivity contribution in [1.29, 1.82) is 0 Å². The second-order valence-corrected chi connectivity index (χ2v) is 8.68. The van der Waals surface area contributed by atoms with Gasteiger partial charge in [0.2, 0.25) is 12.7 Å². The Balaban J connectivity index is 1.19. The van der Waals surface area contributed by atoms with Gasteiger partial charge in [-0.05, 0) is 54.2 Å². The van der Waals surface area contributed by atoms with E-state index in [0.717, 1.165) is 35.0 Å². The number of nitrogens with zero attached hydrogens (tertiary/aromatic N) is 2. The van der Waals surface area contributed by atoms with Crippen LogP contribution in [0.5, 0.6) is 11.5 Å². The predicted octanol–water partition coefficient (Wildman–Crippen LogP) is 4.40. The number of halogens is 1. The maximum absolute atomic E-state index is 12.5. The van der Waals surface area contributed by atoms with Gasteiger partial charge in [-0.25, -0.2) is 4.98 Å². The number of amides is 1. The Bertz CT molecular complexity index is 1110. The molecule has 5 rings (SSSR count). The van der Waals surface area contributed by atoms with Crippen LogP contribution in [0.3, 0.4) is 0 Å². The number of nitrogens with one attached hydrogen (secondary N) is 1. The fourth-order valence-electron chi connectivity index (χ4n) is 3.75. The molecule has 166 valence electrons. The number of oxazole rings is 1. The van der Waals surface area contributed by atoms with Gasteiger partial charge in [-0.15, -0.1) is 0 Å². The van der Waals surface area contributed by atoms with Crippen molar-refractivity contribution in [3.63, 3.8) is 0 Å². The van der Waals surface area contributed by atoms with Crippen molar-refractivity contribution in [2.75, 3.05) is 13.3 Å². The van der Waals surface area contributed by atoms with Crippen molar-refractivity contribution in [2.45, 2.75) is 32.5 Å². The van der Waals surface area contributed by atoms with E-state index in [-0.39, 0.29) is 18.4 Å². The molecule has 1 amide bonds. The van der Waals surface area contributed by atoms with Crippen molar-refractivity contribution in [3.05, 3.63) is 76.5 Å². The van der Waals surface area contributed by atoms with E-state index in [2.05, 4.69) is 21.3 Å². The Kier molecular flexibility index (Phi) is 6.01. The smallest absolute Gasteiger partial charge is 0.273 e. The maximum Gasteiger partial charge on any atom is 0.273 e. The molecule has 7 nitrogen and oxygen atoms in total. The van der Waals surface area contributed by atoms with E-state index in [1.165, 1.54) is 19.1 Å². The van der Waals surface area contributed by atoms with Crippen LogP contribution in [0.15, 0.2) is 53.1 Å². The van der Waals surface area contributed by atoms with Crippen molar-refractivity contribution >= 4 is 17.5 Å². The maximum atomic E-state index is 12.5. The van der Waals surface area contributed by atoms with E-state index in [1.807, 2.05) is 36.4 Å². The molecule has 1 N–H and O–H groups in total. The first-order chi connectivity index (χ1) is 15.6. The van der Waals surface area contributed by atoms with E-state index in [0.29, 0.717) is 30.6 Å². The second-order valence-electron chi connectivity index (χ2n) is 8.24. The molecule has 1 aromatic heterocycles. The topological polar surface area (TPSA) is 76.8 Å². The third kappa shape index (κ3) is 5.23. The molecule has 0 spiro atoms. The van der Waals surface area contributed by atoms with Crippen LogP contribution in [0, 0.1) is 5.92 Å². The van der Waals surface area contributed by atoms with E-state index in [4.69, 9.17) is 25.5 Å². The van der Waals surface area contributed by atoms with Gasteiger partial charge in [-0.1, -0.05) is 29.8 Å². The Labute approximate surface area is 191 Å². The Hall–Kier alpha value is -3.03. The molecule has 1 aliphatic carbocycles. The van der Waals surface area contributed by atoms with Crippen LogP contribution >= 0.6 is 11.6 Å². The summed E-state index contributed by atoms with van der Waals surface area (Å²) in [6, 6.07) is 13.5. The third-order valence-corrected chi connectivity index (χ3v) is 5.78. The van der Waals surface area contributed by atoms with Crippen molar-refractivity contribution in [3.8, 4) is 11.5 Å². The van der Waals surface area contributed by atoms with Crippen molar-refractivity contribution < 1.29 is 18.7 Å². The standard InChI is InChI=1S/C24H24ClN3O4/c25-19-3-1-2-18(8-19)12-28(11-16-4-5-16)13-23-27-20(14-30-23)24(29)26-10-17-6-7-21-22(9-17)32-15-31-21/h1-3,6-9,14,16H,4-5,10-13,15H2,(H,26,29). The van der Waals surface area contributed by atoms with E-state index in [1.54, 1.807) is 0 Å². The summed E-state index contributed by atoms with van der Waals surface area (Å²) in [5.41, 5.74) is 2.34. The Morgan fingerprint density at radius 1 is 1.09 bits per heavy atom. The van der Waals surface area contributed by atoms with Gasteiger partial charge in [0.1, 0.15) is 6.26 Å². The van der Waals surface area contributed by atoms with Crippen LogP contribution in [0.4, 0.5) is 0 Å². The highest BCUT2D eigenvalue weighted by molar-refractivity contribution is 6.30. The zero-order valence-corrected chi connectivity index (χ0v) is 18.3. The van der Waals surface area contributed by atoms with Crippen LogP contribution in [0.25, 0.3) is 0 Å². The number of carbonyl (C=O) groups is 1. The zero-order valence-electron chi connectivity index (χ0n) is 17.6. The molecular weight excluding hydrogens is 430 g/mol. The fourth-order valence-corrected chi connectivity index (χ4v) is 3.96. The molecule has 0 atom stereocenters. The molecule has 8 heteroatoms. The minimum absolute atomic E-state index is 0.224. The van der Waals surface area contributed by atoms with E-state index in [9.17, 15) is 4.79 Å². The molecule has 1 fully saturated rings. The van der Waals surface area contributed by atoms with Crippen molar-refractivity contribution in [1.82, 2.24) is 15.2 Å². The molecule has 1 saturated carbocycles. The van der Waals surface area contributed by atoms with Gasteiger partial charge in [0.25, 0.3) is 5.91 Å². The molecule has 2 aliphatic rings. The van der Waals surface area contributed by atoms with Gasteiger partial charge in [0, 0.05) is 24.7 Å². The number of hydrogen-bond acceptors (Lipinski definition) is 6. The van der Waals surface area contributed by atoms with Gasteiger partial charge >= 0.3 is 0 Å². The molecule has 2 aromatic carbocycles. The summed E-state index contributed by atoms with van der Waals surface area (Å²) in [5.74, 6) is 2.38. The first-order valence-corrected chi connectivity index (χ1v) is 11.1. The second kappa shape index (κ2) is 9.22. The minimum Gasteiger partial charge on any atom is -0.454 e. The molecule has 0 radical (unpaired) electrons. The summed E-state index contributed by atoms with van der Waals surface area (Å²) in [4.78, 5) is 19.3. The summed E-state index contributed by atoms with van der Waals surface area (Å²) in [6.45, 7) is 2.85. The SMILES string of the molecule is O=C(NCc1ccc2c(c1)OCO2)c1coc(CN(Cc2cccc(Cl)c2)CC2CC2)n1. The number of fused-ring (bicyclic) bond motifs is 1.